The minimum Gasteiger partial charge on any atom is -0.253 e. The first-order valence-electron chi connectivity index (χ1n) is 8.00. The molecule has 0 aliphatic heterocycles. The minimum absolute atomic E-state index is 0.235. The molecule has 2 aromatic carbocycles. The smallest absolute Gasteiger partial charge is 0.242 e. The fourth-order valence-corrected chi connectivity index (χ4v) is 4.26. The predicted octanol–water partition coefficient (Wildman–Crippen LogP) is 4.81. The maximum atomic E-state index is 12.1. The van der Waals surface area contributed by atoms with Gasteiger partial charge in [0.05, 0.1) is 21.8 Å². The van der Waals surface area contributed by atoms with Crippen molar-refractivity contribution < 1.29 is 8.42 Å². The molecule has 0 bridgehead atoms. The van der Waals surface area contributed by atoms with Crippen molar-refractivity contribution in [2.45, 2.75) is 4.90 Å². The van der Waals surface area contributed by atoms with Gasteiger partial charge in [0.1, 0.15) is 0 Å². The van der Waals surface area contributed by atoms with Gasteiger partial charge in [-0.1, -0.05) is 41.4 Å². The van der Waals surface area contributed by atoms with Crippen LogP contribution in [0.5, 0.6) is 0 Å². The van der Waals surface area contributed by atoms with Crippen molar-refractivity contribution in [1.82, 2.24) is 9.29 Å². The first kappa shape index (κ1) is 20.8. The summed E-state index contributed by atoms with van der Waals surface area (Å²) in [6.07, 6.45) is 1.58. The number of anilines is 1. The lowest BCUT2D eigenvalue weighted by atomic mass is 10.2. The Morgan fingerprint density at radius 3 is 2.50 bits per heavy atom. The van der Waals surface area contributed by atoms with Crippen LogP contribution in [0.3, 0.4) is 0 Å². The Bertz CT molecular complexity index is 1110. The van der Waals surface area contributed by atoms with Gasteiger partial charge < -0.3 is 0 Å². The molecule has 0 amide bonds. The molecule has 146 valence electrons. The van der Waals surface area contributed by atoms with Gasteiger partial charge in [-0.15, -0.1) is 11.3 Å². The number of aromatic nitrogens is 1. The van der Waals surface area contributed by atoms with Crippen LogP contribution in [0, 0.1) is 0 Å². The van der Waals surface area contributed by atoms with Crippen molar-refractivity contribution in [3.05, 3.63) is 63.5 Å². The van der Waals surface area contributed by atoms with Crippen molar-refractivity contribution >= 4 is 55.9 Å². The number of sulfonamides is 1. The highest BCUT2D eigenvalue weighted by Gasteiger charge is 2.17. The van der Waals surface area contributed by atoms with Gasteiger partial charge in [-0.05, 0) is 24.3 Å². The van der Waals surface area contributed by atoms with Crippen LogP contribution in [0.2, 0.25) is 10.0 Å². The number of rotatable bonds is 6. The van der Waals surface area contributed by atoms with E-state index in [-0.39, 0.29) is 4.90 Å². The van der Waals surface area contributed by atoms with Crippen LogP contribution in [0.25, 0.3) is 11.3 Å². The Morgan fingerprint density at radius 1 is 1.14 bits per heavy atom. The van der Waals surface area contributed by atoms with Gasteiger partial charge in [0, 0.05) is 35.6 Å². The molecule has 1 heterocycles. The van der Waals surface area contributed by atoms with Gasteiger partial charge in [-0.25, -0.2) is 17.7 Å². The molecule has 0 fully saturated rings. The zero-order valence-corrected chi connectivity index (χ0v) is 18.1. The molecule has 1 N–H and O–H groups in total. The maximum absolute atomic E-state index is 12.1. The van der Waals surface area contributed by atoms with E-state index in [0.29, 0.717) is 15.2 Å². The molecule has 0 radical (unpaired) electrons. The van der Waals surface area contributed by atoms with Crippen LogP contribution in [0.4, 0.5) is 5.13 Å². The Labute approximate surface area is 177 Å². The molecule has 28 heavy (non-hydrogen) atoms. The highest BCUT2D eigenvalue weighted by atomic mass is 35.5. The number of nitrogens with one attached hydrogen (secondary N) is 1. The summed E-state index contributed by atoms with van der Waals surface area (Å²) in [5.74, 6) is 0. The molecular formula is C18H16Cl2N4O2S2. The van der Waals surface area contributed by atoms with E-state index in [1.807, 2.05) is 5.38 Å². The topological polar surface area (TPSA) is 74.7 Å². The molecular weight excluding hydrogens is 439 g/mol. The summed E-state index contributed by atoms with van der Waals surface area (Å²) in [5.41, 5.74) is 5.12. The third-order valence-corrected chi connectivity index (χ3v) is 6.90. The number of nitrogens with zero attached hydrogens (tertiary/aromatic N) is 3. The van der Waals surface area contributed by atoms with Gasteiger partial charge in [0.2, 0.25) is 15.2 Å². The largest absolute Gasteiger partial charge is 0.253 e. The van der Waals surface area contributed by atoms with E-state index < -0.39 is 10.0 Å². The van der Waals surface area contributed by atoms with Gasteiger partial charge in [-0.3, -0.25) is 5.43 Å². The van der Waals surface area contributed by atoms with E-state index in [1.165, 1.54) is 29.7 Å². The second kappa shape index (κ2) is 8.59. The number of hydrazone groups is 1. The molecule has 0 spiro atoms. The van der Waals surface area contributed by atoms with Crippen molar-refractivity contribution in [3.8, 4) is 11.3 Å². The van der Waals surface area contributed by atoms with Crippen LogP contribution in [-0.4, -0.2) is 38.0 Å². The number of benzene rings is 2. The number of hydrogen-bond donors (Lipinski definition) is 1. The second-order valence-corrected chi connectivity index (χ2v) is 9.74. The minimum atomic E-state index is -3.45. The maximum Gasteiger partial charge on any atom is 0.242 e. The molecule has 6 nitrogen and oxygen atoms in total. The van der Waals surface area contributed by atoms with Crippen LogP contribution >= 0.6 is 34.5 Å². The average Bonchev–Trinajstić information content (AvgIpc) is 3.12. The zero-order valence-electron chi connectivity index (χ0n) is 14.9. The third kappa shape index (κ3) is 4.71. The van der Waals surface area contributed by atoms with Gasteiger partial charge in [0.25, 0.3) is 0 Å². The third-order valence-electron chi connectivity index (χ3n) is 3.76. The number of hydrogen-bond acceptors (Lipinski definition) is 6. The standard InChI is InChI=1S/C18H16Cl2N4O2S2/c1-24(2)28(25,26)15-7-4-12(5-8-15)17-11-27-18(22-17)23-21-10-13-3-6-14(19)9-16(13)20/h3-11H,1-2H3,(H,22,23). The monoisotopic (exact) mass is 454 g/mol. The molecule has 10 heteroatoms. The summed E-state index contributed by atoms with van der Waals surface area (Å²) >= 11 is 13.4. The van der Waals surface area contributed by atoms with Crippen molar-refractivity contribution in [2.24, 2.45) is 5.10 Å². The van der Waals surface area contributed by atoms with Crippen LogP contribution in [0.15, 0.2) is 57.8 Å². The normalized spacial score (nSPS) is 12.0. The number of halogens is 2. The summed E-state index contributed by atoms with van der Waals surface area (Å²) in [6, 6.07) is 11.7. The number of thiazole rings is 1. The zero-order chi connectivity index (χ0) is 20.3. The van der Waals surface area contributed by atoms with Crippen molar-refractivity contribution in [1.29, 1.82) is 0 Å². The Kier molecular flexibility index (Phi) is 6.36. The summed E-state index contributed by atoms with van der Waals surface area (Å²) in [6.45, 7) is 0. The van der Waals surface area contributed by atoms with E-state index >= 15 is 0 Å². The summed E-state index contributed by atoms with van der Waals surface area (Å²) < 4.78 is 25.4. The van der Waals surface area contributed by atoms with Crippen molar-refractivity contribution in [2.75, 3.05) is 19.5 Å². The quantitative estimate of drug-likeness (QED) is 0.428. The second-order valence-electron chi connectivity index (χ2n) is 5.89. The molecule has 3 aromatic rings. The van der Waals surface area contributed by atoms with Crippen LogP contribution < -0.4 is 5.43 Å². The van der Waals surface area contributed by atoms with Crippen molar-refractivity contribution in [3.63, 3.8) is 0 Å². The summed E-state index contributed by atoms with van der Waals surface area (Å²) in [4.78, 5) is 4.69. The van der Waals surface area contributed by atoms with Gasteiger partial charge in [-0.2, -0.15) is 5.10 Å². The predicted molar refractivity (Wildman–Crippen MR) is 116 cm³/mol. The summed E-state index contributed by atoms with van der Waals surface area (Å²) in [5, 5.41) is 7.66. The molecule has 0 aliphatic rings. The molecule has 0 saturated carbocycles. The Hall–Kier alpha value is -1.97. The highest BCUT2D eigenvalue weighted by Crippen LogP contribution is 2.26. The van der Waals surface area contributed by atoms with E-state index in [9.17, 15) is 8.42 Å². The first-order chi connectivity index (χ1) is 13.3. The lowest BCUT2D eigenvalue weighted by Crippen LogP contribution is -2.22. The fraction of sp³-hybridized carbons (Fsp3) is 0.111. The van der Waals surface area contributed by atoms with Gasteiger partial charge >= 0.3 is 0 Å². The Morgan fingerprint density at radius 2 is 1.86 bits per heavy atom. The Balaban J connectivity index is 1.71. The lowest BCUT2D eigenvalue weighted by Gasteiger charge is -2.11. The van der Waals surface area contributed by atoms with E-state index in [4.69, 9.17) is 23.2 Å². The van der Waals surface area contributed by atoms with E-state index in [1.54, 1.807) is 48.7 Å². The molecule has 0 unspecified atom stereocenters. The highest BCUT2D eigenvalue weighted by molar-refractivity contribution is 7.89. The first-order valence-corrected chi connectivity index (χ1v) is 11.1. The average molecular weight is 455 g/mol. The fourth-order valence-electron chi connectivity index (χ4n) is 2.23. The van der Waals surface area contributed by atoms with Crippen LogP contribution in [0.1, 0.15) is 5.56 Å². The van der Waals surface area contributed by atoms with Gasteiger partial charge in [0.15, 0.2) is 0 Å². The van der Waals surface area contributed by atoms with E-state index in [2.05, 4.69) is 15.5 Å². The molecule has 0 atom stereocenters. The SMILES string of the molecule is CN(C)S(=O)(=O)c1ccc(-c2csc(NN=Cc3ccc(Cl)cc3Cl)n2)cc1. The summed E-state index contributed by atoms with van der Waals surface area (Å²) in [7, 11) is -0.452. The molecule has 0 saturated heterocycles. The molecule has 3 rings (SSSR count). The van der Waals surface area contributed by atoms with E-state index in [0.717, 1.165) is 16.8 Å². The lowest BCUT2D eigenvalue weighted by molar-refractivity contribution is 0.521. The van der Waals surface area contributed by atoms with Crippen LogP contribution in [-0.2, 0) is 10.0 Å². The molecule has 0 aliphatic carbocycles. The molecule has 1 aromatic heterocycles.